The van der Waals surface area contributed by atoms with Crippen molar-refractivity contribution in [2.45, 2.75) is 0 Å². The van der Waals surface area contributed by atoms with E-state index in [1.807, 2.05) is 12.1 Å². The molecule has 0 saturated carbocycles. The van der Waals surface area contributed by atoms with E-state index in [1.54, 1.807) is 48.5 Å². The predicted octanol–water partition coefficient (Wildman–Crippen LogP) is 5.95. The van der Waals surface area contributed by atoms with Crippen molar-refractivity contribution >= 4 is 37.7 Å². The molecule has 0 radical (unpaired) electrons. The summed E-state index contributed by atoms with van der Waals surface area (Å²) in [5, 5.41) is 1.14. The van der Waals surface area contributed by atoms with Crippen LogP contribution in [0.5, 0.6) is 0 Å². The number of aromatic amines is 2. The summed E-state index contributed by atoms with van der Waals surface area (Å²) in [4.78, 5) is 35.9. The van der Waals surface area contributed by atoms with Crippen molar-refractivity contribution in [2.75, 3.05) is 0 Å². The van der Waals surface area contributed by atoms with Gasteiger partial charge in [-0.2, -0.15) is 0 Å². The lowest BCUT2D eigenvalue weighted by molar-refractivity contribution is 0.627. The number of aromatic nitrogens is 4. The van der Waals surface area contributed by atoms with Crippen LogP contribution < -0.4 is 11.1 Å². The highest BCUT2D eigenvalue weighted by Gasteiger charge is 2.00. The number of hydrogen-bond donors (Lipinski definition) is 2. The zero-order valence-corrected chi connectivity index (χ0v) is 22.7. The molecular weight excluding hydrogens is 590 g/mol. The van der Waals surface area contributed by atoms with Crippen molar-refractivity contribution in [3.63, 3.8) is 0 Å². The summed E-state index contributed by atoms with van der Waals surface area (Å²) in [5.41, 5.74) is 3.20. The lowest BCUT2D eigenvalue weighted by Crippen LogP contribution is -2.05. The predicted molar refractivity (Wildman–Crippen MR) is 159 cm³/mol. The minimum Gasteiger partial charge on any atom is -0.313 e. The van der Waals surface area contributed by atoms with Gasteiger partial charge in [0.25, 0.3) is 11.1 Å². The smallest absolute Gasteiger partial charge is 0.258 e. The average Bonchev–Trinajstić information content (AvgIpc) is 2.98. The topological polar surface area (TPSA) is 91.5 Å². The fourth-order valence-electron chi connectivity index (χ4n) is 3.41. The van der Waals surface area contributed by atoms with E-state index < -0.39 is 0 Å². The fraction of sp³-hybridized carbons (Fsp3) is 0. The van der Waals surface area contributed by atoms with Gasteiger partial charge in [-0.25, -0.2) is 18.7 Å². The van der Waals surface area contributed by atoms with Crippen LogP contribution in [0.4, 0.5) is 8.78 Å². The van der Waals surface area contributed by atoms with Gasteiger partial charge in [-0.15, -0.1) is 6.42 Å². The van der Waals surface area contributed by atoms with E-state index in [-0.39, 0.29) is 22.8 Å². The number of benzene rings is 4. The molecule has 0 bridgehead atoms. The van der Waals surface area contributed by atoms with E-state index in [2.05, 4.69) is 53.6 Å². The Morgan fingerprint density at radius 3 is 1.66 bits per heavy atom. The van der Waals surface area contributed by atoms with Crippen LogP contribution in [0.3, 0.4) is 0 Å². The minimum atomic E-state index is -0.287. The Hall–Kier alpha value is -5.38. The van der Waals surface area contributed by atoms with Gasteiger partial charge in [-0.3, -0.25) is 9.59 Å². The quantitative estimate of drug-likeness (QED) is 0.208. The molecule has 0 amide bonds. The summed E-state index contributed by atoms with van der Waals surface area (Å²) >= 11 is 3.30. The average molecular weight is 609 g/mol. The van der Waals surface area contributed by atoms with Crippen molar-refractivity contribution in [2.24, 2.45) is 0 Å². The Kier molecular flexibility index (Phi) is 9.50. The Morgan fingerprint density at radius 1 is 0.634 bits per heavy atom. The molecule has 2 N–H and O–H groups in total. The molecule has 0 saturated heterocycles. The normalized spacial score (nSPS) is 9.80. The molecule has 2 aromatic heterocycles. The van der Waals surface area contributed by atoms with Gasteiger partial charge in [0.1, 0.15) is 11.6 Å². The monoisotopic (exact) mass is 608 g/mol. The Labute approximate surface area is 241 Å². The summed E-state index contributed by atoms with van der Waals surface area (Å²) in [6.07, 6.45) is 7.79. The number of nitrogens with zero attached hydrogens (tertiary/aromatic N) is 2. The third-order valence-electron chi connectivity index (χ3n) is 5.45. The van der Waals surface area contributed by atoms with Gasteiger partial charge in [0, 0.05) is 21.2 Å². The standard InChI is InChI=1S/C16H9FN2O.C8H5BrN2O.C8H5F/c17-13-6-3-11(4-7-13)1-2-12-5-8-14-15(9-12)18-10-19-16(14)20;9-5-1-2-6-7(3-5)10-4-11-8(6)12;1-2-7-3-5-8(9)6-4-7/h3-10H,(H,18,19,20);1-4H,(H,10,11,12);1,3-6H. The molecule has 0 aliphatic heterocycles. The Balaban J connectivity index is 0.000000156. The number of terminal acetylenes is 1. The van der Waals surface area contributed by atoms with Crippen molar-refractivity contribution < 1.29 is 8.78 Å². The molecule has 0 aliphatic carbocycles. The molecular formula is C32H19BrF2N4O2. The molecule has 9 heteroatoms. The fourth-order valence-corrected chi connectivity index (χ4v) is 3.76. The zero-order valence-electron chi connectivity index (χ0n) is 21.2. The van der Waals surface area contributed by atoms with Crippen LogP contribution in [-0.2, 0) is 0 Å². The molecule has 0 atom stereocenters. The summed E-state index contributed by atoms with van der Waals surface area (Å²) in [5.74, 6) is 7.75. The number of hydrogen-bond acceptors (Lipinski definition) is 4. The SMILES string of the molecule is C#Cc1ccc(F)cc1.O=c1[nH]cnc2cc(Br)ccc12.O=c1[nH]cnc2cc(C#Cc3ccc(F)cc3)ccc12. The molecule has 0 spiro atoms. The Bertz CT molecular complexity index is 2040. The van der Waals surface area contributed by atoms with Gasteiger partial charge in [0.05, 0.1) is 34.5 Å². The maximum atomic E-state index is 12.8. The maximum absolute atomic E-state index is 12.8. The number of H-pyrrole nitrogens is 2. The molecule has 6 rings (SSSR count). The molecule has 0 unspecified atom stereocenters. The highest BCUT2D eigenvalue weighted by atomic mass is 79.9. The second-order valence-corrected chi connectivity index (χ2v) is 9.18. The highest BCUT2D eigenvalue weighted by Crippen LogP contribution is 2.14. The molecule has 4 aromatic carbocycles. The minimum absolute atomic E-state index is 0.104. The van der Waals surface area contributed by atoms with Crippen LogP contribution in [0.2, 0.25) is 0 Å². The van der Waals surface area contributed by atoms with E-state index in [1.165, 1.54) is 36.9 Å². The van der Waals surface area contributed by atoms with Crippen LogP contribution in [0, 0.1) is 35.8 Å². The Morgan fingerprint density at radius 2 is 1.10 bits per heavy atom. The van der Waals surface area contributed by atoms with E-state index in [0.717, 1.165) is 15.6 Å². The van der Waals surface area contributed by atoms with Gasteiger partial charge in [0.15, 0.2) is 0 Å². The highest BCUT2D eigenvalue weighted by molar-refractivity contribution is 9.10. The van der Waals surface area contributed by atoms with Gasteiger partial charge in [0.2, 0.25) is 0 Å². The molecule has 2 heterocycles. The third-order valence-corrected chi connectivity index (χ3v) is 5.94. The molecule has 0 aliphatic rings. The maximum Gasteiger partial charge on any atom is 0.258 e. The number of nitrogens with one attached hydrogen (secondary N) is 2. The first-order valence-corrected chi connectivity index (χ1v) is 12.7. The van der Waals surface area contributed by atoms with E-state index in [9.17, 15) is 18.4 Å². The summed E-state index contributed by atoms with van der Waals surface area (Å²) < 4.78 is 25.9. The van der Waals surface area contributed by atoms with Crippen molar-refractivity contribution in [1.82, 2.24) is 19.9 Å². The van der Waals surface area contributed by atoms with Gasteiger partial charge in [-0.1, -0.05) is 33.7 Å². The number of halogens is 3. The molecule has 200 valence electrons. The van der Waals surface area contributed by atoms with Crippen LogP contribution in [0.25, 0.3) is 21.8 Å². The second-order valence-electron chi connectivity index (χ2n) is 8.26. The molecule has 41 heavy (non-hydrogen) atoms. The van der Waals surface area contributed by atoms with Crippen LogP contribution in [-0.4, -0.2) is 19.9 Å². The number of fused-ring (bicyclic) bond motifs is 2. The molecule has 6 nitrogen and oxygen atoms in total. The molecule has 0 fully saturated rings. The van der Waals surface area contributed by atoms with Crippen LogP contribution in [0.1, 0.15) is 16.7 Å². The van der Waals surface area contributed by atoms with E-state index in [0.29, 0.717) is 27.4 Å². The summed E-state index contributed by atoms with van der Waals surface area (Å²) in [6, 6.07) is 22.4. The van der Waals surface area contributed by atoms with Crippen LogP contribution in [0.15, 0.2) is 112 Å². The van der Waals surface area contributed by atoms with Crippen molar-refractivity contribution in [3.8, 4) is 24.2 Å². The van der Waals surface area contributed by atoms with Crippen LogP contribution >= 0.6 is 15.9 Å². The lowest BCUT2D eigenvalue weighted by Gasteiger charge is -1.96. The van der Waals surface area contributed by atoms with E-state index >= 15 is 0 Å². The van der Waals surface area contributed by atoms with Gasteiger partial charge >= 0.3 is 0 Å². The van der Waals surface area contributed by atoms with Gasteiger partial charge < -0.3 is 9.97 Å². The van der Waals surface area contributed by atoms with Gasteiger partial charge in [-0.05, 0) is 84.9 Å². The largest absolute Gasteiger partial charge is 0.313 e. The summed E-state index contributed by atoms with van der Waals surface area (Å²) in [7, 11) is 0. The number of rotatable bonds is 0. The van der Waals surface area contributed by atoms with Crippen molar-refractivity contribution in [1.29, 1.82) is 0 Å². The summed E-state index contributed by atoms with van der Waals surface area (Å²) in [6.45, 7) is 0. The lowest BCUT2D eigenvalue weighted by atomic mass is 10.1. The molecule has 6 aromatic rings. The van der Waals surface area contributed by atoms with Crippen molar-refractivity contribution in [3.05, 3.63) is 151 Å². The second kappa shape index (κ2) is 13.6. The van der Waals surface area contributed by atoms with E-state index in [4.69, 9.17) is 6.42 Å². The first-order chi connectivity index (χ1) is 19.8. The first-order valence-electron chi connectivity index (χ1n) is 11.9. The first kappa shape index (κ1) is 28.6. The third kappa shape index (κ3) is 8.06. The zero-order chi connectivity index (χ0) is 29.2.